The van der Waals surface area contributed by atoms with Gasteiger partial charge < -0.3 is 11.1 Å². The highest BCUT2D eigenvalue weighted by atomic mass is 32.1. The predicted octanol–water partition coefficient (Wildman–Crippen LogP) is 1.27. The molecule has 2 atom stereocenters. The first-order valence-electron chi connectivity index (χ1n) is 4.20. The predicted molar refractivity (Wildman–Crippen MR) is 54.5 cm³/mol. The lowest BCUT2D eigenvalue weighted by atomic mass is 10.2. The van der Waals surface area contributed by atoms with Gasteiger partial charge in [-0.25, -0.2) is 0 Å². The van der Waals surface area contributed by atoms with Gasteiger partial charge in [0.2, 0.25) is 5.91 Å². The van der Waals surface area contributed by atoms with Gasteiger partial charge in [-0.3, -0.25) is 4.79 Å². The average Bonchev–Trinajstić information content (AvgIpc) is 2.55. The summed E-state index contributed by atoms with van der Waals surface area (Å²) in [6.07, 6.45) is 0. The van der Waals surface area contributed by atoms with E-state index >= 15 is 0 Å². The van der Waals surface area contributed by atoms with Gasteiger partial charge in [-0.1, -0.05) is 6.07 Å². The van der Waals surface area contributed by atoms with E-state index < -0.39 is 6.04 Å². The second-order valence-corrected chi connectivity index (χ2v) is 4.01. The molecular formula is C9H14N2OS. The van der Waals surface area contributed by atoms with E-state index in [2.05, 4.69) is 5.32 Å². The van der Waals surface area contributed by atoms with Crippen molar-refractivity contribution < 1.29 is 4.79 Å². The zero-order valence-corrected chi connectivity index (χ0v) is 8.60. The highest BCUT2D eigenvalue weighted by Crippen LogP contribution is 2.17. The van der Waals surface area contributed by atoms with E-state index in [9.17, 15) is 4.79 Å². The molecule has 0 bridgehead atoms. The van der Waals surface area contributed by atoms with Gasteiger partial charge in [-0.2, -0.15) is 0 Å². The van der Waals surface area contributed by atoms with Gasteiger partial charge in [-0.05, 0) is 25.3 Å². The van der Waals surface area contributed by atoms with E-state index in [1.807, 2.05) is 24.4 Å². The van der Waals surface area contributed by atoms with Crippen LogP contribution in [0.3, 0.4) is 0 Å². The van der Waals surface area contributed by atoms with Crippen LogP contribution in [0.1, 0.15) is 24.8 Å². The van der Waals surface area contributed by atoms with Gasteiger partial charge in [0.25, 0.3) is 0 Å². The van der Waals surface area contributed by atoms with Gasteiger partial charge >= 0.3 is 0 Å². The van der Waals surface area contributed by atoms with Crippen LogP contribution in [-0.2, 0) is 4.79 Å². The van der Waals surface area contributed by atoms with Gasteiger partial charge in [0, 0.05) is 4.88 Å². The molecule has 0 aliphatic carbocycles. The molecule has 3 nitrogen and oxygen atoms in total. The normalized spacial score (nSPS) is 15.0. The molecule has 0 saturated heterocycles. The molecule has 1 heterocycles. The highest BCUT2D eigenvalue weighted by molar-refractivity contribution is 7.10. The van der Waals surface area contributed by atoms with E-state index in [0.717, 1.165) is 4.88 Å². The Hall–Kier alpha value is -0.870. The van der Waals surface area contributed by atoms with Crippen molar-refractivity contribution in [2.45, 2.75) is 25.9 Å². The standard InChI is InChI=1S/C9H14N2OS/c1-6(10)9(12)11-7(2)8-4-3-5-13-8/h3-7H,10H2,1-2H3,(H,11,12)/t6-,7+/m1/s1. The number of nitrogens with one attached hydrogen (secondary N) is 1. The molecule has 0 aliphatic rings. The fourth-order valence-corrected chi connectivity index (χ4v) is 1.69. The van der Waals surface area contributed by atoms with Crippen LogP contribution in [0.25, 0.3) is 0 Å². The smallest absolute Gasteiger partial charge is 0.237 e. The second kappa shape index (κ2) is 4.39. The van der Waals surface area contributed by atoms with Crippen LogP contribution in [-0.4, -0.2) is 11.9 Å². The molecule has 1 aromatic rings. The van der Waals surface area contributed by atoms with Crippen molar-refractivity contribution in [3.05, 3.63) is 22.4 Å². The van der Waals surface area contributed by atoms with Gasteiger partial charge in [-0.15, -0.1) is 11.3 Å². The maximum absolute atomic E-state index is 11.2. The van der Waals surface area contributed by atoms with Gasteiger partial charge in [0.1, 0.15) is 0 Å². The third kappa shape index (κ3) is 2.82. The van der Waals surface area contributed by atoms with Crippen LogP contribution < -0.4 is 11.1 Å². The summed E-state index contributed by atoms with van der Waals surface area (Å²) in [4.78, 5) is 12.4. The summed E-state index contributed by atoms with van der Waals surface area (Å²) in [5.41, 5.74) is 5.43. The molecule has 13 heavy (non-hydrogen) atoms. The van der Waals surface area contributed by atoms with Crippen molar-refractivity contribution in [1.29, 1.82) is 0 Å². The molecule has 1 amide bonds. The quantitative estimate of drug-likeness (QED) is 0.768. The Kier molecular flexibility index (Phi) is 3.45. The second-order valence-electron chi connectivity index (χ2n) is 3.03. The Morgan fingerprint density at radius 2 is 2.31 bits per heavy atom. The number of hydrogen-bond donors (Lipinski definition) is 2. The first-order valence-corrected chi connectivity index (χ1v) is 5.08. The first kappa shape index (κ1) is 10.2. The summed E-state index contributed by atoms with van der Waals surface area (Å²) in [7, 11) is 0. The van der Waals surface area contributed by atoms with Crippen LogP contribution in [0.4, 0.5) is 0 Å². The van der Waals surface area contributed by atoms with Crippen molar-refractivity contribution in [3.63, 3.8) is 0 Å². The number of rotatable bonds is 3. The number of carbonyl (C=O) groups is 1. The van der Waals surface area contributed by atoms with Crippen molar-refractivity contribution in [1.82, 2.24) is 5.32 Å². The number of carbonyl (C=O) groups excluding carboxylic acids is 1. The van der Waals surface area contributed by atoms with Gasteiger partial charge in [0.15, 0.2) is 0 Å². The SMILES string of the molecule is C[C@H](NC(=O)[C@@H](C)N)c1cccs1. The van der Waals surface area contributed by atoms with Crippen molar-refractivity contribution in [3.8, 4) is 0 Å². The minimum absolute atomic E-state index is 0.0542. The molecule has 0 radical (unpaired) electrons. The molecule has 0 spiro atoms. The molecule has 0 saturated carbocycles. The molecule has 0 fully saturated rings. The topological polar surface area (TPSA) is 55.1 Å². The fourth-order valence-electron chi connectivity index (χ4n) is 0.954. The Morgan fingerprint density at radius 3 is 2.77 bits per heavy atom. The maximum Gasteiger partial charge on any atom is 0.237 e. The zero-order valence-electron chi connectivity index (χ0n) is 7.78. The minimum atomic E-state index is -0.442. The van der Waals surface area contributed by atoms with Crippen LogP contribution in [0.15, 0.2) is 17.5 Å². The molecule has 0 aromatic carbocycles. The van der Waals surface area contributed by atoms with E-state index in [1.54, 1.807) is 18.3 Å². The molecule has 4 heteroatoms. The van der Waals surface area contributed by atoms with Crippen molar-refractivity contribution >= 4 is 17.2 Å². The summed E-state index contributed by atoms with van der Waals surface area (Å²) in [5, 5.41) is 4.82. The first-order chi connectivity index (χ1) is 6.11. The lowest BCUT2D eigenvalue weighted by Crippen LogP contribution is -2.39. The zero-order chi connectivity index (χ0) is 9.84. The summed E-state index contributed by atoms with van der Waals surface area (Å²) >= 11 is 1.63. The summed E-state index contributed by atoms with van der Waals surface area (Å²) in [6.45, 7) is 3.63. The van der Waals surface area contributed by atoms with Crippen molar-refractivity contribution in [2.24, 2.45) is 5.73 Å². The summed E-state index contributed by atoms with van der Waals surface area (Å²) in [5.74, 6) is -0.110. The molecule has 1 aromatic heterocycles. The minimum Gasteiger partial charge on any atom is -0.347 e. The fraction of sp³-hybridized carbons (Fsp3) is 0.444. The Morgan fingerprint density at radius 1 is 1.62 bits per heavy atom. The summed E-state index contributed by atoms with van der Waals surface area (Å²) < 4.78 is 0. The largest absolute Gasteiger partial charge is 0.347 e. The maximum atomic E-state index is 11.2. The van der Waals surface area contributed by atoms with E-state index in [-0.39, 0.29) is 11.9 Å². The number of hydrogen-bond acceptors (Lipinski definition) is 3. The third-order valence-electron chi connectivity index (χ3n) is 1.74. The molecule has 1 rings (SSSR count). The van der Waals surface area contributed by atoms with Crippen LogP contribution >= 0.6 is 11.3 Å². The highest BCUT2D eigenvalue weighted by Gasteiger charge is 2.12. The summed E-state index contributed by atoms with van der Waals surface area (Å²) in [6, 6.07) is 3.58. The Bertz CT molecular complexity index is 269. The molecule has 72 valence electrons. The number of thiophene rings is 1. The Balaban J connectivity index is 2.51. The third-order valence-corrected chi connectivity index (χ3v) is 2.80. The van der Waals surface area contributed by atoms with Crippen LogP contribution in [0, 0.1) is 0 Å². The average molecular weight is 198 g/mol. The lowest BCUT2D eigenvalue weighted by Gasteiger charge is -2.13. The van der Waals surface area contributed by atoms with Crippen molar-refractivity contribution in [2.75, 3.05) is 0 Å². The molecule has 3 N–H and O–H groups in total. The molecular weight excluding hydrogens is 184 g/mol. The molecule has 0 aliphatic heterocycles. The van der Waals surface area contributed by atoms with Gasteiger partial charge in [0.05, 0.1) is 12.1 Å². The number of amides is 1. The Labute approximate surface area is 81.9 Å². The van der Waals surface area contributed by atoms with E-state index in [0.29, 0.717) is 0 Å². The monoisotopic (exact) mass is 198 g/mol. The van der Waals surface area contributed by atoms with E-state index in [1.165, 1.54) is 0 Å². The van der Waals surface area contributed by atoms with Crippen LogP contribution in [0.5, 0.6) is 0 Å². The van der Waals surface area contributed by atoms with Crippen LogP contribution in [0.2, 0.25) is 0 Å². The number of nitrogens with two attached hydrogens (primary N) is 1. The lowest BCUT2D eigenvalue weighted by molar-refractivity contribution is -0.122. The molecule has 0 unspecified atom stereocenters. The van der Waals surface area contributed by atoms with E-state index in [4.69, 9.17) is 5.73 Å².